The van der Waals surface area contributed by atoms with E-state index in [1.807, 2.05) is 61.5 Å². The van der Waals surface area contributed by atoms with Crippen LogP contribution in [0.25, 0.3) is 0 Å². The molecule has 0 heterocycles. The SMILES string of the molecule is CCC(O)C(CO)C(c1ccccc1)(c1ccccc1)c1ccccc1. The molecule has 0 aliphatic carbocycles. The Hall–Kier alpha value is -2.42. The maximum Gasteiger partial charge on any atom is 0.0602 e. The van der Waals surface area contributed by atoms with Gasteiger partial charge < -0.3 is 10.2 Å². The molecule has 0 bridgehead atoms. The van der Waals surface area contributed by atoms with Crippen LogP contribution in [0.3, 0.4) is 0 Å². The van der Waals surface area contributed by atoms with Crippen molar-refractivity contribution in [1.82, 2.24) is 0 Å². The Morgan fingerprint density at radius 1 is 0.692 bits per heavy atom. The fraction of sp³-hybridized carbons (Fsp3) is 0.250. The molecule has 3 rings (SSSR count). The molecule has 0 amide bonds. The highest BCUT2D eigenvalue weighted by Crippen LogP contribution is 2.46. The van der Waals surface area contributed by atoms with Gasteiger partial charge in [-0.25, -0.2) is 0 Å². The van der Waals surface area contributed by atoms with Gasteiger partial charge in [-0.15, -0.1) is 0 Å². The summed E-state index contributed by atoms with van der Waals surface area (Å²) < 4.78 is 0. The summed E-state index contributed by atoms with van der Waals surface area (Å²) in [6, 6.07) is 30.6. The smallest absolute Gasteiger partial charge is 0.0602 e. The van der Waals surface area contributed by atoms with Crippen LogP contribution in [0.4, 0.5) is 0 Å². The van der Waals surface area contributed by atoms with Crippen LogP contribution in [0, 0.1) is 5.92 Å². The molecule has 0 aliphatic rings. The minimum absolute atomic E-state index is 0.103. The van der Waals surface area contributed by atoms with E-state index in [0.717, 1.165) is 16.7 Å². The standard InChI is InChI=1S/C24H26O2/c1-2-23(26)22(18-25)24(19-12-6-3-7-13-19,20-14-8-4-9-15-20)21-16-10-5-11-17-21/h3-17,22-23,25-26H,2,18H2,1H3. The topological polar surface area (TPSA) is 40.5 Å². The van der Waals surface area contributed by atoms with Crippen LogP contribution in [0.15, 0.2) is 91.0 Å². The Bertz CT molecular complexity index is 688. The monoisotopic (exact) mass is 346 g/mol. The van der Waals surface area contributed by atoms with Crippen molar-refractivity contribution < 1.29 is 10.2 Å². The van der Waals surface area contributed by atoms with Crippen LogP contribution in [0.1, 0.15) is 30.0 Å². The number of benzene rings is 3. The molecule has 0 saturated heterocycles. The van der Waals surface area contributed by atoms with Crippen LogP contribution >= 0.6 is 0 Å². The van der Waals surface area contributed by atoms with Gasteiger partial charge in [0.1, 0.15) is 0 Å². The number of hydrogen-bond donors (Lipinski definition) is 2. The minimum Gasteiger partial charge on any atom is -0.396 e. The highest BCUT2D eigenvalue weighted by molar-refractivity contribution is 5.51. The lowest BCUT2D eigenvalue weighted by molar-refractivity contribution is 0.0371. The first-order valence-electron chi connectivity index (χ1n) is 9.20. The summed E-state index contributed by atoms with van der Waals surface area (Å²) in [6.07, 6.45) is -0.0416. The van der Waals surface area contributed by atoms with E-state index in [9.17, 15) is 10.2 Å². The molecule has 0 radical (unpaired) electrons. The fourth-order valence-corrected chi connectivity index (χ4v) is 4.08. The molecule has 2 atom stereocenters. The molecule has 2 heteroatoms. The van der Waals surface area contributed by atoms with E-state index in [-0.39, 0.29) is 12.5 Å². The average Bonchev–Trinajstić information content (AvgIpc) is 2.73. The summed E-state index contributed by atoms with van der Waals surface area (Å²) in [6.45, 7) is 1.85. The van der Waals surface area contributed by atoms with Crippen molar-refractivity contribution in [3.05, 3.63) is 108 Å². The quantitative estimate of drug-likeness (QED) is 0.623. The van der Waals surface area contributed by atoms with E-state index in [2.05, 4.69) is 36.4 Å². The van der Waals surface area contributed by atoms with Crippen LogP contribution in [-0.4, -0.2) is 22.9 Å². The molecule has 26 heavy (non-hydrogen) atoms. The van der Waals surface area contributed by atoms with Crippen molar-refractivity contribution >= 4 is 0 Å². The summed E-state index contributed by atoms with van der Waals surface area (Å²) in [5.41, 5.74) is 2.59. The van der Waals surface area contributed by atoms with Crippen LogP contribution < -0.4 is 0 Å². The minimum atomic E-state index is -0.631. The lowest BCUT2D eigenvalue weighted by Crippen LogP contribution is -2.45. The Morgan fingerprint density at radius 2 is 1.04 bits per heavy atom. The van der Waals surface area contributed by atoms with Crippen molar-refractivity contribution in [3.63, 3.8) is 0 Å². The summed E-state index contributed by atoms with van der Waals surface area (Å²) in [5, 5.41) is 21.3. The third kappa shape index (κ3) is 3.18. The zero-order chi connectivity index (χ0) is 18.4. The molecule has 3 aromatic rings. The van der Waals surface area contributed by atoms with Crippen molar-refractivity contribution in [2.24, 2.45) is 5.92 Å². The molecule has 3 aromatic carbocycles. The van der Waals surface area contributed by atoms with E-state index in [1.165, 1.54) is 0 Å². The molecule has 2 unspecified atom stereocenters. The molecule has 134 valence electrons. The van der Waals surface area contributed by atoms with Gasteiger partial charge in [0.25, 0.3) is 0 Å². The number of rotatable bonds is 7. The van der Waals surface area contributed by atoms with Gasteiger partial charge in [-0.05, 0) is 23.1 Å². The largest absolute Gasteiger partial charge is 0.396 e. The zero-order valence-electron chi connectivity index (χ0n) is 15.1. The lowest BCUT2D eigenvalue weighted by atomic mass is 9.60. The Balaban J connectivity index is 2.39. The molecule has 2 nitrogen and oxygen atoms in total. The van der Waals surface area contributed by atoms with Gasteiger partial charge in [-0.1, -0.05) is 97.9 Å². The van der Waals surface area contributed by atoms with Gasteiger partial charge in [-0.2, -0.15) is 0 Å². The van der Waals surface area contributed by atoms with Crippen molar-refractivity contribution in [2.45, 2.75) is 24.9 Å². The van der Waals surface area contributed by atoms with Gasteiger partial charge >= 0.3 is 0 Å². The maximum absolute atomic E-state index is 10.9. The fourth-order valence-electron chi connectivity index (χ4n) is 4.08. The molecule has 0 aliphatic heterocycles. The van der Waals surface area contributed by atoms with Gasteiger partial charge in [0.15, 0.2) is 0 Å². The Morgan fingerprint density at radius 3 is 1.31 bits per heavy atom. The highest BCUT2D eigenvalue weighted by atomic mass is 16.3. The summed E-state index contributed by atoms with van der Waals surface area (Å²) in [7, 11) is 0. The van der Waals surface area contributed by atoms with Crippen molar-refractivity contribution in [3.8, 4) is 0 Å². The summed E-state index contributed by atoms with van der Waals surface area (Å²) in [5.74, 6) is -0.361. The first kappa shape index (κ1) is 18.4. The molecule has 0 saturated carbocycles. The maximum atomic E-state index is 10.9. The normalized spacial score (nSPS) is 14.0. The number of aliphatic hydroxyl groups is 2. The summed E-state index contributed by atoms with van der Waals surface area (Å²) in [4.78, 5) is 0. The predicted molar refractivity (Wildman–Crippen MR) is 106 cm³/mol. The summed E-state index contributed by atoms with van der Waals surface area (Å²) >= 11 is 0. The highest BCUT2D eigenvalue weighted by Gasteiger charge is 2.45. The third-order valence-corrected chi connectivity index (χ3v) is 5.32. The van der Waals surface area contributed by atoms with Gasteiger partial charge in [0, 0.05) is 12.5 Å². The van der Waals surface area contributed by atoms with E-state index in [4.69, 9.17) is 0 Å². The molecule has 0 aromatic heterocycles. The van der Waals surface area contributed by atoms with E-state index >= 15 is 0 Å². The van der Waals surface area contributed by atoms with Crippen molar-refractivity contribution in [2.75, 3.05) is 6.61 Å². The first-order valence-corrected chi connectivity index (χ1v) is 9.20. The van der Waals surface area contributed by atoms with Crippen LogP contribution in [-0.2, 0) is 5.41 Å². The number of hydrogen-bond acceptors (Lipinski definition) is 2. The van der Waals surface area contributed by atoms with E-state index in [1.54, 1.807) is 0 Å². The average molecular weight is 346 g/mol. The van der Waals surface area contributed by atoms with E-state index < -0.39 is 11.5 Å². The van der Waals surface area contributed by atoms with Crippen LogP contribution in [0.2, 0.25) is 0 Å². The second-order valence-corrected chi connectivity index (χ2v) is 6.67. The molecule has 2 N–H and O–H groups in total. The predicted octanol–water partition coefficient (Wildman–Crippen LogP) is 4.40. The van der Waals surface area contributed by atoms with Gasteiger partial charge in [0.2, 0.25) is 0 Å². The Kier molecular flexibility index (Phi) is 5.87. The lowest BCUT2D eigenvalue weighted by Gasteiger charge is -2.44. The second-order valence-electron chi connectivity index (χ2n) is 6.67. The second kappa shape index (κ2) is 8.31. The Labute approximate surface area is 155 Å². The third-order valence-electron chi connectivity index (χ3n) is 5.32. The first-order chi connectivity index (χ1) is 12.7. The molecular weight excluding hydrogens is 320 g/mol. The van der Waals surface area contributed by atoms with Crippen molar-refractivity contribution in [1.29, 1.82) is 0 Å². The molecule has 0 spiro atoms. The van der Waals surface area contributed by atoms with Crippen LogP contribution in [0.5, 0.6) is 0 Å². The zero-order valence-corrected chi connectivity index (χ0v) is 15.1. The number of aliphatic hydroxyl groups excluding tert-OH is 2. The van der Waals surface area contributed by atoms with Gasteiger partial charge in [-0.3, -0.25) is 0 Å². The van der Waals surface area contributed by atoms with Gasteiger partial charge in [0.05, 0.1) is 11.5 Å². The molecule has 0 fully saturated rings. The van der Waals surface area contributed by atoms with E-state index in [0.29, 0.717) is 6.42 Å². The molecular formula is C24H26O2.